The minimum atomic E-state index is -0.291. The van der Waals surface area contributed by atoms with Crippen LogP contribution < -0.4 is 5.56 Å². The van der Waals surface area contributed by atoms with Crippen molar-refractivity contribution in [2.45, 2.75) is 11.9 Å². The van der Waals surface area contributed by atoms with Gasteiger partial charge in [0, 0.05) is 22.7 Å². The van der Waals surface area contributed by atoms with E-state index in [4.69, 9.17) is 0 Å². The average molecular weight is 300 g/mol. The first kappa shape index (κ1) is 13.8. The maximum atomic E-state index is 14.1. The smallest absolute Gasteiger partial charge is 0.253 e. The third-order valence-corrected chi connectivity index (χ3v) is 4.08. The number of hydrogen-bond acceptors (Lipinski definition) is 3. The van der Waals surface area contributed by atoms with Crippen LogP contribution in [-0.4, -0.2) is 16.2 Å². The number of fused-ring (bicyclic) bond motifs is 1. The zero-order chi connectivity index (χ0) is 15.0. The summed E-state index contributed by atoms with van der Waals surface area (Å²) < 4.78 is 14.1. The summed E-state index contributed by atoms with van der Waals surface area (Å²) in [4.78, 5) is 18.9. The summed E-state index contributed by atoms with van der Waals surface area (Å²) in [6.07, 6.45) is 3.51. The number of aromatic nitrogens is 2. The van der Waals surface area contributed by atoms with E-state index in [2.05, 4.69) is 9.97 Å². The fourth-order valence-corrected chi connectivity index (χ4v) is 2.74. The van der Waals surface area contributed by atoms with Crippen LogP contribution in [0.5, 0.6) is 0 Å². The van der Waals surface area contributed by atoms with Gasteiger partial charge < -0.3 is 4.98 Å². The number of hydrogen-bond donors (Lipinski definition) is 1. The minimum Gasteiger partial charge on any atom is -0.328 e. The predicted octanol–water partition coefficient (Wildman–Crippen LogP) is 3.76. The lowest BCUT2D eigenvalue weighted by atomic mass is 10.0. The molecule has 0 bridgehead atoms. The Morgan fingerprint density at radius 1 is 1.24 bits per heavy atom. The first-order chi connectivity index (χ1) is 10.1. The van der Waals surface area contributed by atoms with Gasteiger partial charge in [0.15, 0.2) is 0 Å². The lowest BCUT2D eigenvalue weighted by molar-refractivity contribution is 0.631. The number of rotatable bonds is 2. The largest absolute Gasteiger partial charge is 0.328 e. The van der Waals surface area contributed by atoms with E-state index >= 15 is 0 Å². The molecule has 0 saturated carbocycles. The van der Waals surface area contributed by atoms with Crippen LogP contribution in [0.1, 0.15) is 5.56 Å². The van der Waals surface area contributed by atoms with E-state index < -0.39 is 0 Å². The molecule has 0 radical (unpaired) electrons. The molecule has 3 nitrogen and oxygen atoms in total. The molecule has 0 amide bonds. The molecule has 2 aromatic heterocycles. The van der Waals surface area contributed by atoms with Crippen LogP contribution in [0.4, 0.5) is 4.39 Å². The van der Waals surface area contributed by atoms with Crippen LogP contribution >= 0.6 is 11.8 Å². The number of halogens is 1. The van der Waals surface area contributed by atoms with E-state index in [1.807, 2.05) is 12.3 Å². The Labute approximate surface area is 125 Å². The molecule has 0 spiro atoms. The monoisotopic (exact) mass is 300 g/mol. The van der Waals surface area contributed by atoms with Crippen LogP contribution in [0.15, 0.2) is 46.3 Å². The highest BCUT2D eigenvalue weighted by Gasteiger charge is 2.13. The fourth-order valence-electron chi connectivity index (χ4n) is 2.32. The molecular weight excluding hydrogens is 287 g/mol. The van der Waals surface area contributed by atoms with Gasteiger partial charge in [0.2, 0.25) is 0 Å². The summed E-state index contributed by atoms with van der Waals surface area (Å²) in [5.74, 6) is -0.291. The lowest BCUT2D eigenvalue weighted by Crippen LogP contribution is -2.10. The van der Waals surface area contributed by atoms with Gasteiger partial charge in [-0.25, -0.2) is 9.37 Å². The van der Waals surface area contributed by atoms with Gasteiger partial charge in [-0.3, -0.25) is 4.79 Å². The summed E-state index contributed by atoms with van der Waals surface area (Å²) in [6, 6.07) is 8.46. The van der Waals surface area contributed by atoms with E-state index in [1.54, 1.807) is 31.3 Å². The van der Waals surface area contributed by atoms with E-state index in [0.29, 0.717) is 16.6 Å². The molecule has 21 heavy (non-hydrogen) atoms. The molecule has 0 aliphatic heterocycles. The zero-order valence-corrected chi connectivity index (χ0v) is 12.4. The Hall–Kier alpha value is -2.14. The van der Waals surface area contributed by atoms with E-state index in [0.717, 1.165) is 16.0 Å². The molecule has 5 heteroatoms. The Kier molecular flexibility index (Phi) is 3.51. The predicted molar refractivity (Wildman–Crippen MR) is 84.3 cm³/mol. The van der Waals surface area contributed by atoms with Crippen LogP contribution in [0.2, 0.25) is 0 Å². The molecule has 0 unspecified atom stereocenters. The van der Waals surface area contributed by atoms with Gasteiger partial charge in [-0.2, -0.15) is 0 Å². The second-order valence-electron chi connectivity index (χ2n) is 4.70. The van der Waals surface area contributed by atoms with E-state index in [9.17, 15) is 9.18 Å². The number of pyridine rings is 2. The number of aromatic amines is 1. The average Bonchev–Trinajstić information content (AvgIpc) is 2.51. The second-order valence-corrected chi connectivity index (χ2v) is 5.52. The lowest BCUT2D eigenvalue weighted by Gasteiger charge is -2.10. The maximum Gasteiger partial charge on any atom is 0.253 e. The summed E-state index contributed by atoms with van der Waals surface area (Å²) >= 11 is 1.47. The summed E-state index contributed by atoms with van der Waals surface area (Å²) in [5.41, 5.74) is 2.23. The molecule has 1 N–H and O–H groups in total. The van der Waals surface area contributed by atoms with Crippen molar-refractivity contribution in [2.24, 2.45) is 0 Å². The fraction of sp³-hybridized carbons (Fsp3) is 0.125. The molecule has 3 aromatic rings. The maximum absolute atomic E-state index is 14.1. The van der Waals surface area contributed by atoms with Crippen molar-refractivity contribution in [2.75, 3.05) is 6.26 Å². The van der Waals surface area contributed by atoms with Crippen molar-refractivity contribution >= 4 is 22.7 Å². The van der Waals surface area contributed by atoms with Gasteiger partial charge in [0.05, 0.1) is 10.5 Å². The highest BCUT2D eigenvalue weighted by molar-refractivity contribution is 7.98. The molecule has 0 atom stereocenters. The van der Waals surface area contributed by atoms with E-state index in [-0.39, 0.29) is 11.4 Å². The summed E-state index contributed by atoms with van der Waals surface area (Å²) in [7, 11) is 0. The standard InChI is InChI=1S/C16H13FN2OS/c1-9-15-12(8-18-16(9)20)11(7-14(19-15)21-2)10-5-3-4-6-13(10)17/h3-8H,1-2H3,(H,18,20). The van der Waals surface area contributed by atoms with Crippen molar-refractivity contribution in [3.8, 4) is 11.1 Å². The molecule has 0 aliphatic rings. The minimum absolute atomic E-state index is 0.173. The van der Waals surface area contributed by atoms with Crippen LogP contribution in [0.3, 0.4) is 0 Å². The topological polar surface area (TPSA) is 45.8 Å². The Bertz CT molecular complexity index is 889. The second kappa shape index (κ2) is 5.33. The Morgan fingerprint density at radius 3 is 2.71 bits per heavy atom. The molecular formula is C16H13FN2OS. The first-order valence-corrected chi connectivity index (χ1v) is 7.66. The van der Waals surface area contributed by atoms with Crippen molar-refractivity contribution in [1.82, 2.24) is 9.97 Å². The number of H-pyrrole nitrogens is 1. The van der Waals surface area contributed by atoms with E-state index in [1.165, 1.54) is 17.8 Å². The molecule has 2 heterocycles. The van der Waals surface area contributed by atoms with Crippen molar-refractivity contribution < 1.29 is 4.39 Å². The quantitative estimate of drug-likeness (QED) is 0.733. The Balaban J connectivity index is 2.45. The third kappa shape index (κ3) is 2.34. The van der Waals surface area contributed by atoms with Gasteiger partial charge in [-0.15, -0.1) is 11.8 Å². The van der Waals surface area contributed by atoms with Crippen molar-refractivity contribution in [3.05, 3.63) is 58.3 Å². The first-order valence-electron chi connectivity index (χ1n) is 6.43. The van der Waals surface area contributed by atoms with Crippen LogP contribution in [0.25, 0.3) is 22.0 Å². The van der Waals surface area contributed by atoms with Gasteiger partial charge >= 0.3 is 0 Å². The van der Waals surface area contributed by atoms with Gasteiger partial charge in [0.1, 0.15) is 5.82 Å². The number of aryl methyl sites for hydroxylation is 1. The zero-order valence-electron chi connectivity index (χ0n) is 11.6. The molecule has 0 saturated heterocycles. The van der Waals surface area contributed by atoms with Crippen molar-refractivity contribution in [1.29, 1.82) is 0 Å². The van der Waals surface area contributed by atoms with Gasteiger partial charge in [0.25, 0.3) is 5.56 Å². The highest BCUT2D eigenvalue weighted by atomic mass is 32.2. The number of nitrogens with zero attached hydrogens (tertiary/aromatic N) is 1. The van der Waals surface area contributed by atoms with Crippen molar-refractivity contribution in [3.63, 3.8) is 0 Å². The van der Waals surface area contributed by atoms with Gasteiger partial charge in [-0.05, 0) is 30.9 Å². The van der Waals surface area contributed by atoms with Gasteiger partial charge in [-0.1, -0.05) is 18.2 Å². The van der Waals surface area contributed by atoms with Crippen LogP contribution in [-0.2, 0) is 0 Å². The molecule has 1 aromatic carbocycles. The number of thioether (sulfide) groups is 1. The normalized spacial score (nSPS) is 11.0. The molecule has 3 rings (SSSR count). The Morgan fingerprint density at radius 2 is 2.00 bits per heavy atom. The molecule has 0 aliphatic carbocycles. The van der Waals surface area contributed by atoms with Crippen LogP contribution in [0, 0.1) is 12.7 Å². The SMILES string of the molecule is CSc1cc(-c2ccccc2F)c2c[nH]c(=O)c(C)c2n1. The molecule has 106 valence electrons. The number of benzene rings is 1. The number of nitrogens with one attached hydrogen (secondary N) is 1. The third-order valence-electron chi connectivity index (χ3n) is 3.45. The highest BCUT2D eigenvalue weighted by Crippen LogP contribution is 2.32. The summed E-state index contributed by atoms with van der Waals surface area (Å²) in [5, 5.41) is 1.50. The molecule has 0 fully saturated rings. The summed E-state index contributed by atoms with van der Waals surface area (Å²) in [6.45, 7) is 1.73.